The van der Waals surface area contributed by atoms with Gasteiger partial charge in [-0.1, -0.05) is 0 Å². The van der Waals surface area contributed by atoms with Gasteiger partial charge in [0.25, 0.3) is 0 Å². The predicted molar refractivity (Wildman–Crippen MR) is 91.5 cm³/mol. The molecule has 0 saturated heterocycles. The molecule has 0 saturated carbocycles. The van der Waals surface area contributed by atoms with Crippen molar-refractivity contribution in [2.45, 2.75) is 64.2 Å². The Morgan fingerprint density at radius 2 is 0.962 bits per heavy atom. The SMILES string of the molecule is CCO[Si](C)(CCC(F)(F)F)OCC.CO[Si](C)(CCC(F)(F)F)OC. The summed E-state index contributed by atoms with van der Waals surface area (Å²) < 4.78 is 91.6. The van der Waals surface area contributed by atoms with Crippen LogP contribution in [0.2, 0.25) is 25.2 Å². The summed E-state index contributed by atoms with van der Waals surface area (Å²) in [5.41, 5.74) is 0. The monoisotopic (exact) mass is 432 g/mol. The van der Waals surface area contributed by atoms with Crippen molar-refractivity contribution in [3.05, 3.63) is 0 Å². The Morgan fingerprint density at radius 1 is 0.654 bits per heavy atom. The lowest BCUT2D eigenvalue weighted by Crippen LogP contribution is -2.39. The molecule has 12 heteroatoms. The maximum absolute atomic E-state index is 12.0. The van der Waals surface area contributed by atoms with Crippen molar-refractivity contribution in [3.8, 4) is 0 Å². The Kier molecular flexibility index (Phi) is 13.3. The molecule has 26 heavy (non-hydrogen) atoms. The van der Waals surface area contributed by atoms with Gasteiger partial charge in [-0.3, -0.25) is 0 Å². The van der Waals surface area contributed by atoms with Crippen LogP contribution in [-0.2, 0) is 17.7 Å². The van der Waals surface area contributed by atoms with Gasteiger partial charge in [-0.05, 0) is 39.0 Å². The van der Waals surface area contributed by atoms with Crippen LogP contribution in [0.3, 0.4) is 0 Å². The molecule has 160 valence electrons. The summed E-state index contributed by atoms with van der Waals surface area (Å²) in [7, 11) is -2.34. The molecular weight excluding hydrogens is 402 g/mol. The fourth-order valence-electron chi connectivity index (χ4n) is 1.82. The number of rotatable bonds is 10. The van der Waals surface area contributed by atoms with E-state index >= 15 is 0 Å². The van der Waals surface area contributed by atoms with Gasteiger partial charge in [-0.25, -0.2) is 0 Å². The van der Waals surface area contributed by atoms with Crippen molar-refractivity contribution in [2.75, 3.05) is 27.4 Å². The summed E-state index contributed by atoms with van der Waals surface area (Å²) in [6.07, 6.45) is -9.90. The molecule has 4 nitrogen and oxygen atoms in total. The van der Waals surface area contributed by atoms with Crippen LogP contribution in [0.1, 0.15) is 26.7 Å². The van der Waals surface area contributed by atoms with Crippen LogP contribution in [0.4, 0.5) is 26.3 Å². The molecule has 0 atom stereocenters. The van der Waals surface area contributed by atoms with Gasteiger partial charge in [0, 0.05) is 40.3 Å². The Balaban J connectivity index is 0. The molecule has 0 rings (SSSR count). The molecule has 0 fully saturated rings. The van der Waals surface area contributed by atoms with E-state index in [2.05, 4.69) is 0 Å². The topological polar surface area (TPSA) is 36.9 Å². The quantitative estimate of drug-likeness (QED) is 0.343. The maximum atomic E-state index is 12.0. The molecule has 0 heterocycles. The van der Waals surface area contributed by atoms with E-state index in [-0.39, 0.29) is 12.1 Å². The van der Waals surface area contributed by atoms with E-state index in [1.165, 1.54) is 14.2 Å². The zero-order valence-corrected chi connectivity index (χ0v) is 18.1. The minimum atomic E-state index is -4.12. The average molecular weight is 433 g/mol. The number of halogens is 6. The lowest BCUT2D eigenvalue weighted by Gasteiger charge is -2.26. The molecule has 0 amide bonds. The van der Waals surface area contributed by atoms with Crippen LogP contribution in [0.5, 0.6) is 0 Å². The molecule has 0 aromatic carbocycles. The van der Waals surface area contributed by atoms with Crippen LogP contribution in [0.25, 0.3) is 0 Å². The highest BCUT2D eigenvalue weighted by molar-refractivity contribution is 6.66. The standard InChI is InChI=1S/C8H17F3O2Si.C6H13F3O2Si/c1-4-12-14(3,13-5-2)7-6-8(9,10)11;1-10-12(3,11-2)5-4-6(7,8)9/h4-7H2,1-3H3;4-5H2,1-3H3. The molecule has 0 spiro atoms. The lowest BCUT2D eigenvalue weighted by molar-refractivity contribution is -0.132. The maximum Gasteiger partial charge on any atom is 0.389 e. The molecule has 0 aliphatic carbocycles. The predicted octanol–water partition coefficient (Wildman–Crippen LogP) is 5.39. The van der Waals surface area contributed by atoms with Crippen molar-refractivity contribution >= 4 is 17.1 Å². The van der Waals surface area contributed by atoms with Crippen LogP contribution < -0.4 is 0 Å². The summed E-state index contributed by atoms with van der Waals surface area (Å²) in [4.78, 5) is 0. The summed E-state index contributed by atoms with van der Waals surface area (Å²) in [6.45, 7) is 7.61. The van der Waals surface area contributed by atoms with Gasteiger partial charge in [0.2, 0.25) is 0 Å². The molecule has 0 aliphatic heterocycles. The highest BCUT2D eigenvalue weighted by Gasteiger charge is 2.37. The first-order valence-corrected chi connectivity index (χ1v) is 13.2. The van der Waals surface area contributed by atoms with E-state index in [1.54, 1.807) is 26.9 Å². The number of alkyl halides is 6. The van der Waals surface area contributed by atoms with Crippen molar-refractivity contribution in [2.24, 2.45) is 0 Å². The zero-order valence-electron chi connectivity index (χ0n) is 16.1. The van der Waals surface area contributed by atoms with E-state index in [4.69, 9.17) is 17.7 Å². The Bertz CT molecular complexity index is 356. The van der Waals surface area contributed by atoms with Crippen LogP contribution in [0.15, 0.2) is 0 Å². The van der Waals surface area contributed by atoms with Gasteiger partial charge < -0.3 is 17.7 Å². The zero-order chi connectivity index (χ0) is 21.1. The highest BCUT2D eigenvalue weighted by Crippen LogP contribution is 2.27. The lowest BCUT2D eigenvalue weighted by atomic mass is 10.5. The van der Waals surface area contributed by atoms with E-state index in [0.29, 0.717) is 13.2 Å². The van der Waals surface area contributed by atoms with E-state index in [0.717, 1.165) is 0 Å². The second-order valence-corrected chi connectivity index (χ2v) is 12.7. The van der Waals surface area contributed by atoms with Crippen LogP contribution in [0, 0.1) is 0 Å². The normalized spacial score (nSPS) is 13.4. The van der Waals surface area contributed by atoms with Crippen molar-refractivity contribution < 1.29 is 44.0 Å². The molecule has 0 unspecified atom stereocenters. The largest absolute Gasteiger partial charge is 0.398 e. The molecule has 0 aromatic rings. The Hall–Kier alpha value is -0.146. The number of hydrogen-bond donors (Lipinski definition) is 0. The van der Waals surface area contributed by atoms with Gasteiger partial charge in [0.1, 0.15) is 0 Å². The van der Waals surface area contributed by atoms with Crippen molar-refractivity contribution in [1.82, 2.24) is 0 Å². The van der Waals surface area contributed by atoms with Crippen LogP contribution >= 0.6 is 0 Å². The molecule has 0 N–H and O–H groups in total. The summed E-state index contributed by atoms with van der Waals surface area (Å²) in [5.74, 6) is 0. The van der Waals surface area contributed by atoms with Gasteiger partial charge in [-0.15, -0.1) is 0 Å². The molecule has 0 aromatic heterocycles. The first-order chi connectivity index (χ1) is 11.7. The smallest absolute Gasteiger partial charge is 0.389 e. The summed E-state index contributed by atoms with van der Waals surface area (Å²) >= 11 is 0. The van der Waals surface area contributed by atoms with Gasteiger partial charge in [0.15, 0.2) is 0 Å². The van der Waals surface area contributed by atoms with E-state index in [1.807, 2.05) is 0 Å². The minimum absolute atomic E-state index is 0.0296. The highest BCUT2D eigenvalue weighted by atomic mass is 28.4. The first kappa shape index (κ1) is 28.1. The molecule has 0 radical (unpaired) electrons. The van der Waals surface area contributed by atoms with Gasteiger partial charge >= 0.3 is 29.5 Å². The Labute approximate surface area is 153 Å². The fourth-order valence-corrected chi connectivity index (χ4v) is 5.47. The van der Waals surface area contributed by atoms with Crippen molar-refractivity contribution in [1.29, 1.82) is 0 Å². The van der Waals surface area contributed by atoms with Gasteiger partial charge in [-0.2, -0.15) is 26.3 Å². The van der Waals surface area contributed by atoms with Crippen molar-refractivity contribution in [3.63, 3.8) is 0 Å². The van der Waals surface area contributed by atoms with E-state index < -0.39 is 42.3 Å². The average Bonchev–Trinajstić information content (AvgIpc) is 2.51. The third-order valence-corrected chi connectivity index (χ3v) is 9.33. The van der Waals surface area contributed by atoms with E-state index in [9.17, 15) is 26.3 Å². The van der Waals surface area contributed by atoms with Crippen LogP contribution in [-0.4, -0.2) is 56.9 Å². The molecule has 0 bridgehead atoms. The third-order valence-electron chi connectivity index (χ3n) is 3.49. The van der Waals surface area contributed by atoms with Gasteiger partial charge in [0.05, 0.1) is 0 Å². The second-order valence-electron chi connectivity index (χ2n) is 5.77. The fraction of sp³-hybridized carbons (Fsp3) is 1.00. The number of hydrogen-bond acceptors (Lipinski definition) is 4. The second kappa shape index (κ2) is 12.3. The third kappa shape index (κ3) is 16.1. The summed E-state index contributed by atoms with van der Waals surface area (Å²) in [6, 6.07) is -0.0817. The molecular formula is C14H30F6O4Si2. The summed E-state index contributed by atoms with van der Waals surface area (Å²) in [5, 5.41) is 0. The Morgan fingerprint density at radius 3 is 1.19 bits per heavy atom. The molecule has 0 aliphatic rings. The minimum Gasteiger partial charge on any atom is -0.398 e. The first-order valence-electron chi connectivity index (χ1n) is 8.17.